The Morgan fingerprint density at radius 1 is 1.44 bits per heavy atom. The first kappa shape index (κ1) is 12.4. The van der Waals surface area contributed by atoms with Gasteiger partial charge in [-0.1, -0.05) is 6.07 Å². The minimum absolute atomic E-state index is 0.0349. The fourth-order valence-corrected chi connectivity index (χ4v) is 1.23. The molecule has 5 heteroatoms. The van der Waals surface area contributed by atoms with E-state index in [4.69, 9.17) is 9.47 Å². The highest BCUT2D eigenvalue weighted by atomic mass is 16.6. The lowest BCUT2D eigenvalue weighted by Gasteiger charge is -2.08. The van der Waals surface area contributed by atoms with E-state index in [0.717, 1.165) is 5.56 Å². The second-order valence-corrected chi connectivity index (χ2v) is 3.62. The van der Waals surface area contributed by atoms with Gasteiger partial charge in [-0.05, 0) is 25.5 Å². The number of methoxy groups -OCH3 is 1. The van der Waals surface area contributed by atoms with Crippen molar-refractivity contribution in [2.24, 2.45) is 0 Å². The van der Waals surface area contributed by atoms with Crippen molar-refractivity contribution in [1.29, 1.82) is 0 Å². The molecular formula is C11H15NO4. The van der Waals surface area contributed by atoms with E-state index in [-0.39, 0.29) is 17.5 Å². The molecule has 0 amide bonds. The molecule has 0 saturated carbocycles. The topological polar surface area (TPSA) is 61.6 Å². The summed E-state index contributed by atoms with van der Waals surface area (Å²) < 4.78 is 10.3. The molecule has 0 fully saturated rings. The third kappa shape index (κ3) is 3.20. The maximum absolute atomic E-state index is 10.8. The summed E-state index contributed by atoms with van der Waals surface area (Å²) in [4.78, 5) is 10.3. The Labute approximate surface area is 94.1 Å². The lowest BCUT2D eigenvalue weighted by atomic mass is 10.2. The van der Waals surface area contributed by atoms with Crippen molar-refractivity contribution in [2.45, 2.75) is 26.6 Å². The van der Waals surface area contributed by atoms with Gasteiger partial charge in [-0.25, -0.2) is 0 Å². The number of hydrogen-bond acceptors (Lipinski definition) is 4. The molecule has 1 aromatic carbocycles. The summed E-state index contributed by atoms with van der Waals surface area (Å²) in [6, 6.07) is 4.81. The van der Waals surface area contributed by atoms with Crippen LogP contribution in [-0.4, -0.2) is 18.1 Å². The standard InChI is InChI=1S/C11H15NO4/c1-8(2)16-7-9-4-5-11(15-3)10(6-9)12(13)14/h4-6,8H,7H2,1-3H3. The summed E-state index contributed by atoms with van der Waals surface area (Å²) in [6.45, 7) is 4.19. The Morgan fingerprint density at radius 3 is 2.62 bits per heavy atom. The van der Waals surface area contributed by atoms with Crippen LogP contribution in [0.5, 0.6) is 5.75 Å². The second-order valence-electron chi connectivity index (χ2n) is 3.62. The van der Waals surface area contributed by atoms with E-state index < -0.39 is 4.92 Å². The van der Waals surface area contributed by atoms with Gasteiger partial charge in [0, 0.05) is 6.07 Å². The van der Waals surface area contributed by atoms with Crippen LogP contribution in [-0.2, 0) is 11.3 Å². The Kier molecular flexibility index (Phi) is 4.25. The van der Waals surface area contributed by atoms with Crippen LogP contribution in [0, 0.1) is 10.1 Å². The van der Waals surface area contributed by atoms with Crippen molar-refractivity contribution in [3.8, 4) is 5.75 Å². The predicted molar refractivity (Wildman–Crippen MR) is 59.6 cm³/mol. The fraction of sp³-hybridized carbons (Fsp3) is 0.455. The molecule has 0 bridgehead atoms. The van der Waals surface area contributed by atoms with E-state index in [9.17, 15) is 10.1 Å². The molecule has 0 aliphatic heterocycles. The molecule has 0 aliphatic rings. The summed E-state index contributed by atoms with van der Waals surface area (Å²) in [6.07, 6.45) is 0.0983. The van der Waals surface area contributed by atoms with Gasteiger partial charge in [0.25, 0.3) is 0 Å². The van der Waals surface area contributed by atoms with Gasteiger partial charge < -0.3 is 9.47 Å². The zero-order valence-electron chi connectivity index (χ0n) is 9.60. The summed E-state index contributed by atoms with van der Waals surface area (Å²) >= 11 is 0. The minimum Gasteiger partial charge on any atom is -0.490 e. The van der Waals surface area contributed by atoms with Crippen molar-refractivity contribution < 1.29 is 14.4 Å². The van der Waals surface area contributed by atoms with E-state index >= 15 is 0 Å². The lowest BCUT2D eigenvalue weighted by molar-refractivity contribution is -0.385. The smallest absolute Gasteiger partial charge is 0.311 e. The van der Waals surface area contributed by atoms with Crippen LogP contribution in [0.3, 0.4) is 0 Å². The maximum Gasteiger partial charge on any atom is 0.311 e. The van der Waals surface area contributed by atoms with E-state index in [0.29, 0.717) is 6.61 Å². The highest BCUT2D eigenvalue weighted by Crippen LogP contribution is 2.27. The van der Waals surface area contributed by atoms with Gasteiger partial charge in [0.05, 0.1) is 24.7 Å². The molecule has 16 heavy (non-hydrogen) atoms. The fourth-order valence-electron chi connectivity index (χ4n) is 1.23. The number of nitro benzene ring substituents is 1. The molecule has 0 saturated heterocycles. The van der Waals surface area contributed by atoms with Crippen LogP contribution in [0.15, 0.2) is 18.2 Å². The SMILES string of the molecule is COc1ccc(COC(C)C)cc1[N+](=O)[O-]. The van der Waals surface area contributed by atoms with Crippen molar-refractivity contribution in [1.82, 2.24) is 0 Å². The van der Waals surface area contributed by atoms with Crippen molar-refractivity contribution in [2.75, 3.05) is 7.11 Å². The molecule has 1 rings (SSSR count). The molecule has 1 aromatic rings. The number of ether oxygens (including phenoxy) is 2. The molecule has 0 heterocycles. The van der Waals surface area contributed by atoms with Gasteiger partial charge in [-0.15, -0.1) is 0 Å². The van der Waals surface area contributed by atoms with E-state index in [1.807, 2.05) is 13.8 Å². The highest BCUT2D eigenvalue weighted by Gasteiger charge is 2.15. The lowest BCUT2D eigenvalue weighted by Crippen LogP contribution is -2.03. The largest absolute Gasteiger partial charge is 0.490 e. The Balaban J connectivity index is 2.89. The first-order chi connectivity index (χ1) is 7.54. The Bertz CT molecular complexity index is 376. The van der Waals surface area contributed by atoms with Crippen molar-refractivity contribution in [3.05, 3.63) is 33.9 Å². The van der Waals surface area contributed by atoms with E-state index in [1.54, 1.807) is 12.1 Å². The van der Waals surface area contributed by atoms with Crippen LogP contribution in [0.2, 0.25) is 0 Å². The summed E-state index contributed by atoms with van der Waals surface area (Å²) in [5.74, 6) is 0.262. The third-order valence-corrected chi connectivity index (χ3v) is 2.02. The normalized spacial score (nSPS) is 10.5. The molecular weight excluding hydrogens is 210 g/mol. The van der Waals surface area contributed by atoms with E-state index in [2.05, 4.69) is 0 Å². The van der Waals surface area contributed by atoms with Crippen LogP contribution >= 0.6 is 0 Å². The highest BCUT2D eigenvalue weighted by molar-refractivity contribution is 5.48. The van der Waals surface area contributed by atoms with Crippen LogP contribution in [0.4, 0.5) is 5.69 Å². The first-order valence-corrected chi connectivity index (χ1v) is 4.97. The maximum atomic E-state index is 10.8. The van der Waals surface area contributed by atoms with Gasteiger partial charge in [0.1, 0.15) is 0 Å². The van der Waals surface area contributed by atoms with E-state index in [1.165, 1.54) is 13.2 Å². The second kappa shape index (κ2) is 5.46. The average Bonchev–Trinajstić information content (AvgIpc) is 2.25. The number of nitro groups is 1. The number of hydrogen-bond donors (Lipinski definition) is 0. The first-order valence-electron chi connectivity index (χ1n) is 4.97. The van der Waals surface area contributed by atoms with Crippen LogP contribution in [0.25, 0.3) is 0 Å². The van der Waals surface area contributed by atoms with Crippen molar-refractivity contribution in [3.63, 3.8) is 0 Å². The molecule has 0 unspecified atom stereocenters. The molecule has 0 radical (unpaired) electrons. The number of rotatable bonds is 5. The molecule has 88 valence electrons. The Hall–Kier alpha value is -1.62. The predicted octanol–water partition coefficient (Wildman–Crippen LogP) is 2.53. The van der Waals surface area contributed by atoms with Gasteiger partial charge in [0.2, 0.25) is 0 Å². The Morgan fingerprint density at radius 2 is 2.12 bits per heavy atom. The zero-order chi connectivity index (χ0) is 12.1. The van der Waals surface area contributed by atoms with Gasteiger partial charge in [-0.2, -0.15) is 0 Å². The minimum atomic E-state index is -0.461. The van der Waals surface area contributed by atoms with Crippen molar-refractivity contribution >= 4 is 5.69 Å². The van der Waals surface area contributed by atoms with Gasteiger partial charge in [0.15, 0.2) is 5.75 Å². The number of nitrogens with zero attached hydrogens (tertiary/aromatic N) is 1. The monoisotopic (exact) mass is 225 g/mol. The van der Waals surface area contributed by atoms with Crippen LogP contribution < -0.4 is 4.74 Å². The summed E-state index contributed by atoms with van der Waals surface area (Å²) in [5, 5.41) is 10.8. The summed E-state index contributed by atoms with van der Waals surface area (Å²) in [5.41, 5.74) is 0.730. The quantitative estimate of drug-likeness (QED) is 0.570. The number of benzene rings is 1. The molecule has 0 spiro atoms. The average molecular weight is 225 g/mol. The third-order valence-electron chi connectivity index (χ3n) is 2.02. The van der Waals surface area contributed by atoms with Gasteiger partial charge >= 0.3 is 5.69 Å². The molecule has 0 atom stereocenters. The molecule has 5 nitrogen and oxygen atoms in total. The molecule has 0 N–H and O–H groups in total. The zero-order valence-corrected chi connectivity index (χ0v) is 9.60. The van der Waals surface area contributed by atoms with Gasteiger partial charge in [-0.3, -0.25) is 10.1 Å². The molecule has 0 aromatic heterocycles. The van der Waals surface area contributed by atoms with Crippen LogP contribution in [0.1, 0.15) is 19.4 Å². The summed E-state index contributed by atoms with van der Waals surface area (Å²) in [7, 11) is 1.41. The molecule has 0 aliphatic carbocycles.